The molecule has 5 rings (SSSR count). The normalized spacial score (nSPS) is 17.8. The number of likely N-dealkylation sites (tertiary alicyclic amines) is 2. The highest BCUT2D eigenvalue weighted by atomic mass is 19.1. The third kappa shape index (κ3) is 6.47. The van der Waals surface area contributed by atoms with Crippen molar-refractivity contribution in [1.29, 1.82) is 0 Å². The second-order valence-electron chi connectivity index (χ2n) is 10.6. The van der Waals surface area contributed by atoms with Gasteiger partial charge in [0.1, 0.15) is 12.4 Å². The molecule has 208 valence electrons. The Labute approximate surface area is 229 Å². The van der Waals surface area contributed by atoms with Crippen LogP contribution in [0.15, 0.2) is 42.7 Å². The third-order valence-corrected chi connectivity index (χ3v) is 8.04. The number of hydrogen-bond donors (Lipinski definition) is 1. The van der Waals surface area contributed by atoms with Crippen molar-refractivity contribution in [2.24, 2.45) is 0 Å². The molecule has 2 aliphatic heterocycles. The first-order valence-corrected chi connectivity index (χ1v) is 13.7. The fourth-order valence-electron chi connectivity index (χ4n) is 5.62. The van der Waals surface area contributed by atoms with Crippen LogP contribution in [0.3, 0.4) is 0 Å². The average molecular weight is 538 g/mol. The molecule has 2 aliphatic rings. The summed E-state index contributed by atoms with van der Waals surface area (Å²) >= 11 is 0. The van der Waals surface area contributed by atoms with Crippen molar-refractivity contribution < 1.29 is 18.3 Å². The zero-order valence-electron chi connectivity index (χ0n) is 22.9. The van der Waals surface area contributed by atoms with Gasteiger partial charge in [-0.05, 0) is 101 Å². The van der Waals surface area contributed by atoms with Gasteiger partial charge < -0.3 is 24.6 Å². The van der Waals surface area contributed by atoms with E-state index < -0.39 is 11.6 Å². The van der Waals surface area contributed by atoms with Gasteiger partial charge in [-0.3, -0.25) is 0 Å². The molecule has 2 fully saturated rings. The van der Waals surface area contributed by atoms with Gasteiger partial charge in [0.05, 0.1) is 25.1 Å². The molecule has 9 heteroatoms. The number of halogens is 2. The maximum Gasteiger partial charge on any atom is 0.227 e. The Bertz CT molecular complexity index is 1240. The standard InChI is InChI=1S/C30H37F2N5O2/c1-20-16-27(38-3)29(32)26(28(20)31)19-39-25-17-33-30(34-18-25)35-23-6-4-21(5-7-23)22-8-14-37(15-9-22)24-10-12-36(2)13-11-24/h4-7,16-18,22,24H,8-15,19H2,1-3H3,(H,33,34,35). The summed E-state index contributed by atoms with van der Waals surface area (Å²) in [4.78, 5) is 13.7. The van der Waals surface area contributed by atoms with Crippen LogP contribution >= 0.6 is 0 Å². The minimum atomic E-state index is -0.772. The zero-order valence-corrected chi connectivity index (χ0v) is 22.9. The van der Waals surface area contributed by atoms with Crippen LogP contribution in [-0.2, 0) is 6.61 Å². The van der Waals surface area contributed by atoms with Gasteiger partial charge in [-0.15, -0.1) is 0 Å². The molecule has 0 aliphatic carbocycles. The van der Waals surface area contributed by atoms with Crippen LogP contribution in [-0.4, -0.2) is 66.1 Å². The molecule has 2 aromatic carbocycles. The van der Waals surface area contributed by atoms with E-state index in [1.165, 1.54) is 83.0 Å². The molecule has 0 saturated carbocycles. The molecule has 0 bridgehead atoms. The summed E-state index contributed by atoms with van der Waals surface area (Å²) in [6, 6.07) is 10.6. The fraction of sp³-hybridized carbons (Fsp3) is 0.467. The first-order chi connectivity index (χ1) is 18.9. The van der Waals surface area contributed by atoms with E-state index in [0.717, 1.165) is 11.7 Å². The van der Waals surface area contributed by atoms with Crippen LogP contribution < -0.4 is 14.8 Å². The minimum absolute atomic E-state index is 0.0209. The number of methoxy groups -OCH3 is 1. The summed E-state index contributed by atoms with van der Waals surface area (Å²) in [6.07, 6.45) is 7.93. The van der Waals surface area contributed by atoms with Crippen LogP contribution in [0.5, 0.6) is 11.5 Å². The van der Waals surface area contributed by atoms with Gasteiger partial charge in [0.25, 0.3) is 0 Å². The van der Waals surface area contributed by atoms with Crippen molar-refractivity contribution in [3.05, 3.63) is 71.1 Å². The summed E-state index contributed by atoms with van der Waals surface area (Å²) in [5, 5.41) is 3.20. The van der Waals surface area contributed by atoms with Crippen LogP contribution in [0.4, 0.5) is 20.4 Å². The van der Waals surface area contributed by atoms with Crippen molar-refractivity contribution in [1.82, 2.24) is 19.8 Å². The highest BCUT2D eigenvalue weighted by Gasteiger charge is 2.28. The van der Waals surface area contributed by atoms with Crippen LogP contribution in [0, 0.1) is 18.6 Å². The Kier molecular flexibility index (Phi) is 8.57. The SMILES string of the molecule is COc1cc(C)c(F)c(COc2cnc(Nc3ccc(C4CCN(C5CCN(C)CC5)CC4)cc3)nc2)c1F. The molecular formula is C30H37F2N5O2. The first-order valence-electron chi connectivity index (χ1n) is 13.7. The second kappa shape index (κ2) is 12.3. The molecule has 0 radical (unpaired) electrons. The average Bonchev–Trinajstić information content (AvgIpc) is 2.97. The van der Waals surface area contributed by atoms with E-state index in [4.69, 9.17) is 9.47 Å². The summed E-state index contributed by atoms with van der Waals surface area (Å²) in [5.74, 6) is -0.132. The van der Waals surface area contributed by atoms with Gasteiger partial charge in [0, 0.05) is 11.7 Å². The lowest BCUT2D eigenvalue weighted by molar-refractivity contribution is 0.0966. The molecular weight excluding hydrogens is 500 g/mol. The number of piperidine rings is 2. The van der Waals surface area contributed by atoms with Gasteiger partial charge in [0.15, 0.2) is 17.3 Å². The van der Waals surface area contributed by atoms with Crippen molar-refractivity contribution in [2.75, 3.05) is 45.7 Å². The summed E-state index contributed by atoms with van der Waals surface area (Å²) in [6.45, 7) is 6.03. The monoisotopic (exact) mass is 537 g/mol. The Morgan fingerprint density at radius 2 is 1.62 bits per heavy atom. The van der Waals surface area contributed by atoms with Crippen molar-refractivity contribution in [3.63, 3.8) is 0 Å². The van der Waals surface area contributed by atoms with Gasteiger partial charge in [0.2, 0.25) is 5.95 Å². The van der Waals surface area contributed by atoms with E-state index >= 15 is 0 Å². The Hall–Kier alpha value is -3.30. The largest absolute Gasteiger partial charge is 0.494 e. The lowest BCUT2D eigenvalue weighted by Crippen LogP contribution is -2.46. The molecule has 3 heterocycles. The van der Waals surface area contributed by atoms with Crippen molar-refractivity contribution in [3.8, 4) is 11.5 Å². The molecule has 39 heavy (non-hydrogen) atoms. The molecule has 3 aromatic rings. The van der Waals surface area contributed by atoms with E-state index in [2.05, 4.69) is 56.4 Å². The maximum atomic E-state index is 14.5. The predicted molar refractivity (Wildman–Crippen MR) is 148 cm³/mol. The second-order valence-corrected chi connectivity index (χ2v) is 10.6. The van der Waals surface area contributed by atoms with E-state index in [9.17, 15) is 8.78 Å². The molecule has 1 N–H and O–H groups in total. The predicted octanol–water partition coefficient (Wildman–Crippen LogP) is 5.67. The molecule has 0 amide bonds. The Morgan fingerprint density at radius 3 is 2.26 bits per heavy atom. The van der Waals surface area contributed by atoms with E-state index in [1.54, 1.807) is 6.92 Å². The molecule has 0 unspecified atom stereocenters. The van der Waals surface area contributed by atoms with E-state index in [-0.39, 0.29) is 23.5 Å². The number of rotatable bonds is 8. The highest BCUT2D eigenvalue weighted by Crippen LogP contribution is 2.32. The van der Waals surface area contributed by atoms with Crippen LogP contribution in [0.1, 0.15) is 48.3 Å². The summed E-state index contributed by atoms with van der Waals surface area (Å²) in [5.41, 5.74) is 2.36. The fourth-order valence-corrected chi connectivity index (χ4v) is 5.62. The quantitative estimate of drug-likeness (QED) is 0.397. The summed E-state index contributed by atoms with van der Waals surface area (Å²) < 4.78 is 39.4. The van der Waals surface area contributed by atoms with Crippen LogP contribution in [0.2, 0.25) is 0 Å². The number of aromatic nitrogens is 2. The number of benzene rings is 2. The molecule has 2 saturated heterocycles. The third-order valence-electron chi connectivity index (χ3n) is 8.04. The number of nitrogens with one attached hydrogen (secondary N) is 1. The van der Waals surface area contributed by atoms with E-state index in [1.807, 2.05) is 0 Å². The number of hydrogen-bond acceptors (Lipinski definition) is 7. The topological polar surface area (TPSA) is 62.8 Å². The summed E-state index contributed by atoms with van der Waals surface area (Å²) in [7, 11) is 3.56. The van der Waals surface area contributed by atoms with Crippen molar-refractivity contribution in [2.45, 2.75) is 51.2 Å². The molecule has 7 nitrogen and oxygen atoms in total. The number of ether oxygens (including phenoxy) is 2. The number of nitrogens with zero attached hydrogens (tertiary/aromatic N) is 4. The van der Waals surface area contributed by atoms with Gasteiger partial charge >= 0.3 is 0 Å². The smallest absolute Gasteiger partial charge is 0.227 e. The number of anilines is 2. The Balaban J connectivity index is 1.12. The van der Waals surface area contributed by atoms with Crippen molar-refractivity contribution >= 4 is 11.6 Å². The van der Waals surface area contributed by atoms with Gasteiger partial charge in [-0.2, -0.15) is 0 Å². The highest BCUT2D eigenvalue weighted by molar-refractivity contribution is 5.54. The molecule has 1 aromatic heterocycles. The Morgan fingerprint density at radius 1 is 0.949 bits per heavy atom. The van der Waals surface area contributed by atoms with Gasteiger partial charge in [-0.25, -0.2) is 18.7 Å². The lowest BCUT2D eigenvalue weighted by Gasteiger charge is -2.41. The number of aryl methyl sites for hydroxylation is 1. The maximum absolute atomic E-state index is 14.5. The van der Waals surface area contributed by atoms with Gasteiger partial charge in [-0.1, -0.05) is 12.1 Å². The first kappa shape index (κ1) is 27.3. The zero-order chi connectivity index (χ0) is 27.4. The van der Waals surface area contributed by atoms with E-state index in [0.29, 0.717) is 17.6 Å². The molecule has 0 atom stereocenters. The lowest BCUT2D eigenvalue weighted by atomic mass is 9.88. The molecule has 0 spiro atoms. The van der Waals surface area contributed by atoms with Crippen LogP contribution in [0.25, 0.3) is 0 Å². The minimum Gasteiger partial charge on any atom is -0.494 e.